The number of guanidine groups is 1. The number of hydrogen-bond donors (Lipinski definition) is 2. The number of nitrogens with one attached hydrogen (secondary N) is 2. The first-order valence-electron chi connectivity index (χ1n) is 9.78. The van der Waals surface area contributed by atoms with Crippen LogP contribution in [0.2, 0.25) is 0 Å². The Hall–Kier alpha value is -1.60. The van der Waals surface area contributed by atoms with Crippen molar-refractivity contribution in [3.8, 4) is 0 Å². The third-order valence-corrected chi connectivity index (χ3v) is 4.91. The molecule has 0 aromatic carbocycles. The Morgan fingerprint density at radius 1 is 1.23 bits per heavy atom. The third-order valence-electron chi connectivity index (χ3n) is 4.91. The molecule has 1 aromatic rings. The number of morpholine rings is 1. The average Bonchev–Trinajstić information content (AvgIpc) is 2.94. The summed E-state index contributed by atoms with van der Waals surface area (Å²) in [6, 6.07) is 0.442. The molecule has 1 unspecified atom stereocenters. The highest BCUT2D eigenvalue weighted by Crippen LogP contribution is 2.14. The maximum absolute atomic E-state index is 5.49. The molecule has 1 atom stereocenters. The molecule has 7 nitrogen and oxygen atoms in total. The zero-order valence-electron chi connectivity index (χ0n) is 17.0. The number of rotatable bonds is 8. The second-order valence-corrected chi connectivity index (χ2v) is 7.16. The van der Waals surface area contributed by atoms with Gasteiger partial charge in [-0.05, 0) is 33.1 Å². The molecule has 2 rings (SSSR count). The molecule has 0 bridgehead atoms. The summed E-state index contributed by atoms with van der Waals surface area (Å²) >= 11 is 0. The molecular formula is C19H35N5O2. The van der Waals surface area contributed by atoms with Gasteiger partial charge in [-0.25, -0.2) is 0 Å². The van der Waals surface area contributed by atoms with E-state index in [1.807, 2.05) is 13.8 Å². The Labute approximate surface area is 157 Å². The quantitative estimate of drug-likeness (QED) is 0.540. The fourth-order valence-corrected chi connectivity index (χ4v) is 3.35. The lowest BCUT2D eigenvalue weighted by Gasteiger charge is -2.36. The van der Waals surface area contributed by atoms with Crippen molar-refractivity contribution in [1.29, 1.82) is 0 Å². The molecule has 0 saturated carbocycles. The number of ether oxygens (including phenoxy) is 1. The van der Waals surface area contributed by atoms with E-state index in [0.717, 1.165) is 69.8 Å². The molecule has 26 heavy (non-hydrogen) atoms. The van der Waals surface area contributed by atoms with Crippen molar-refractivity contribution in [1.82, 2.24) is 20.7 Å². The van der Waals surface area contributed by atoms with Gasteiger partial charge in [0.05, 0.1) is 25.5 Å². The number of aromatic nitrogens is 1. The van der Waals surface area contributed by atoms with Crippen LogP contribution in [0.5, 0.6) is 0 Å². The van der Waals surface area contributed by atoms with Gasteiger partial charge in [-0.3, -0.25) is 9.89 Å². The Morgan fingerprint density at radius 2 is 1.96 bits per heavy atom. The monoisotopic (exact) mass is 365 g/mol. The van der Waals surface area contributed by atoms with Crippen LogP contribution in [0.4, 0.5) is 0 Å². The van der Waals surface area contributed by atoms with Crippen LogP contribution < -0.4 is 10.6 Å². The molecule has 0 spiro atoms. The fourth-order valence-electron chi connectivity index (χ4n) is 3.35. The van der Waals surface area contributed by atoms with Crippen LogP contribution >= 0.6 is 0 Å². The van der Waals surface area contributed by atoms with Gasteiger partial charge in [0.2, 0.25) is 0 Å². The first-order valence-corrected chi connectivity index (χ1v) is 9.78. The van der Waals surface area contributed by atoms with Crippen LogP contribution in [-0.4, -0.2) is 68.0 Å². The fraction of sp³-hybridized carbons (Fsp3) is 0.789. The molecule has 0 radical (unpaired) electrons. The molecule has 1 saturated heterocycles. The smallest absolute Gasteiger partial charge is 0.191 e. The normalized spacial score (nSPS) is 17.5. The molecule has 2 heterocycles. The first kappa shape index (κ1) is 20.7. The van der Waals surface area contributed by atoms with Gasteiger partial charge in [-0.15, -0.1) is 0 Å². The van der Waals surface area contributed by atoms with E-state index in [9.17, 15) is 0 Å². The van der Waals surface area contributed by atoms with Crippen LogP contribution in [0.1, 0.15) is 37.8 Å². The summed E-state index contributed by atoms with van der Waals surface area (Å²) in [5, 5.41) is 10.8. The van der Waals surface area contributed by atoms with Crippen molar-refractivity contribution in [2.45, 2.75) is 47.1 Å². The number of hydrogen-bond acceptors (Lipinski definition) is 5. The van der Waals surface area contributed by atoms with E-state index in [-0.39, 0.29) is 0 Å². The summed E-state index contributed by atoms with van der Waals surface area (Å²) in [7, 11) is 0. The van der Waals surface area contributed by atoms with Crippen molar-refractivity contribution < 1.29 is 9.26 Å². The van der Waals surface area contributed by atoms with Crippen molar-refractivity contribution in [2.75, 3.05) is 45.9 Å². The molecular weight excluding hydrogens is 330 g/mol. The minimum absolute atomic E-state index is 0.442. The van der Waals surface area contributed by atoms with Crippen molar-refractivity contribution in [2.24, 2.45) is 10.9 Å². The molecule has 7 heteroatoms. The highest BCUT2D eigenvalue weighted by atomic mass is 16.5. The van der Waals surface area contributed by atoms with E-state index in [1.54, 1.807) is 0 Å². The van der Waals surface area contributed by atoms with Crippen LogP contribution in [-0.2, 0) is 11.2 Å². The largest absolute Gasteiger partial charge is 0.379 e. The number of aliphatic imine (C=N–C) groups is 1. The van der Waals surface area contributed by atoms with Gasteiger partial charge in [-0.2, -0.15) is 0 Å². The van der Waals surface area contributed by atoms with E-state index < -0.39 is 0 Å². The summed E-state index contributed by atoms with van der Waals surface area (Å²) in [6.45, 7) is 16.7. The molecule has 1 fully saturated rings. The van der Waals surface area contributed by atoms with Gasteiger partial charge >= 0.3 is 0 Å². The zero-order valence-corrected chi connectivity index (χ0v) is 17.0. The maximum Gasteiger partial charge on any atom is 0.191 e. The van der Waals surface area contributed by atoms with Gasteiger partial charge in [-0.1, -0.05) is 19.0 Å². The van der Waals surface area contributed by atoms with Crippen LogP contribution in [0, 0.1) is 19.8 Å². The van der Waals surface area contributed by atoms with E-state index >= 15 is 0 Å². The van der Waals surface area contributed by atoms with Crippen LogP contribution in [0.25, 0.3) is 0 Å². The summed E-state index contributed by atoms with van der Waals surface area (Å²) in [5.41, 5.74) is 2.15. The van der Waals surface area contributed by atoms with E-state index in [0.29, 0.717) is 12.0 Å². The van der Waals surface area contributed by atoms with Gasteiger partial charge in [0.1, 0.15) is 5.76 Å². The molecule has 1 aliphatic rings. The van der Waals surface area contributed by atoms with Gasteiger partial charge in [0, 0.05) is 37.8 Å². The van der Waals surface area contributed by atoms with E-state index in [2.05, 4.69) is 41.5 Å². The standard InChI is InChI=1S/C19H35N5O2/c1-6-20-19(21-8-7-17-15(4)23-26-16(17)5)22-13-18(14(2)3)24-9-11-25-12-10-24/h14,18H,6-13H2,1-5H3,(H2,20,21,22). The minimum Gasteiger partial charge on any atom is -0.379 e. The Balaban J connectivity index is 1.91. The second-order valence-electron chi connectivity index (χ2n) is 7.16. The number of aryl methyl sites for hydroxylation is 2. The molecule has 0 amide bonds. The third kappa shape index (κ3) is 5.99. The lowest BCUT2D eigenvalue weighted by atomic mass is 10.0. The predicted octanol–water partition coefficient (Wildman–Crippen LogP) is 1.75. The molecule has 148 valence electrons. The highest BCUT2D eigenvalue weighted by Gasteiger charge is 2.23. The summed E-state index contributed by atoms with van der Waals surface area (Å²) in [4.78, 5) is 7.35. The van der Waals surface area contributed by atoms with E-state index in [4.69, 9.17) is 14.3 Å². The second kappa shape index (κ2) is 10.5. The topological polar surface area (TPSA) is 74.9 Å². The van der Waals surface area contributed by atoms with Gasteiger partial charge in [0.25, 0.3) is 0 Å². The Bertz CT molecular complexity index is 545. The van der Waals surface area contributed by atoms with Crippen LogP contribution in [0.15, 0.2) is 9.52 Å². The highest BCUT2D eigenvalue weighted by molar-refractivity contribution is 5.79. The van der Waals surface area contributed by atoms with Gasteiger partial charge < -0.3 is 19.9 Å². The predicted molar refractivity (Wildman–Crippen MR) is 105 cm³/mol. The lowest BCUT2D eigenvalue weighted by Crippen LogP contribution is -2.48. The van der Waals surface area contributed by atoms with Crippen LogP contribution in [0.3, 0.4) is 0 Å². The summed E-state index contributed by atoms with van der Waals surface area (Å²) < 4.78 is 10.7. The average molecular weight is 366 g/mol. The lowest BCUT2D eigenvalue weighted by molar-refractivity contribution is 0.00867. The SMILES string of the molecule is CCNC(=NCC(C(C)C)N1CCOCC1)NCCc1c(C)noc1C. The Morgan fingerprint density at radius 3 is 2.54 bits per heavy atom. The molecule has 1 aromatic heterocycles. The maximum atomic E-state index is 5.49. The number of nitrogens with zero attached hydrogens (tertiary/aromatic N) is 3. The molecule has 1 aliphatic heterocycles. The summed E-state index contributed by atoms with van der Waals surface area (Å²) in [5.74, 6) is 2.33. The minimum atomic E-state index is 0.442. The van der Waals surface area contributed by atoms with Crippen molar-refractivity contribution >= 4 is 5.96 Å². The molecule has 0 aliphatic carbocycles. The molecule has 2 N–H and O–H groups in total. The van der Waals surface area contributed by atoms with E-state index in [1.165, 1.54) is 5.56 Å². The Kier molecular flexibility index (Phi) is 8.38. The first-order chi connectivity index (χ1) is 12.5. The zero-order chi connectivity index (χ0) is 18.9. The van der Waals surface area contributed by atoms with Crippen molar-refractivity contribution in [3.63, 3.8) is 0 Å². The van der Waals surface area contributed by atoms with Gasteiger partial charge in [0.15, 0.2) is 5.96 Å². The summed E-state index contributed by atoms with van der Waals surface area (Å²) in [6.07, 6.45) is 0.878. The van der Waals surface area contributed by atoms with Crippen molar-refractivity contribution in [3.05, 3.63) is 17.0 Å².